The van der Waals surface area contributed by atoms with E-state index in [0.717, 1.165) is 83.6 Å². The van der Waals surface area contributed by atoms with Gasteiger partial charge in [0.2, 0.25) is 5.75 Å². The number of fused-ring (bicyclic) bond motifs is 1. The second-order valence-electron chi connectivity index (χ2n) is 9.74. The molecule has 0 spiro atoms. The van der Waals surface area contributed by atoms with Gasteiger partial charge in [-0.15, -0.1) is 0 Å². The number of aldehydes is 1. The van der Waals surface area contributed by atoms with E-state index in [0.29, 0.717) is 17.1 Å². The largest absolute Gasteiger partial charge is 0.493 e. The van der Waals surface area contributed by atoms with Crippen molar-refractivity contribution in [2.75, 3.05) is 52.8 Å². The Labute approximate surface area is 243 Å². The Kier molecular flexibility index (Phi) is 8.84. The number of nitrogens with one attached hydrogen (secondary N) is 1. The molecule has 1 aromatic heterocycles. The van der Waals surface area contributed by atoms with Gasteiger partial charge in [-0.05, 0) is 48.0 Å². The molecule has 1 N–H and O–H groups in total. The number of hydrogen-bond acceptors (Lipinski definition) is 8. The highest BCUT2D eigenvalue weighted by Crippen LogP contribution is 2.40. The van der Waals surface area contributed by atoms with E-state index in [2.05, 4.69) is 48.2 Å². The van der Waals surface area contributed by atoms with Crippen LogP contribution in [0.25, 0.3) is 10.9 Å². The zero-order valence-corrected chi connectivity index (χ0v) is 24.5. The summed E-state index contributed by atoms with van der Waals surface area (Å²) in [6.45, 7) is 5.39. The SMILES string of the molecule is COc1ccc(CN2CCN(Cc3ccc4ncc(C=O)c(Nc5ccc(Br)cc5)c4c3)CC2)c(OC)c1OC. The molecule has 1 fully saturated rings. The normalized spacial score (nSPS) is 14.2. The summed E-state index contributed by atoms with van der Waals surface area (Å²) < 4.78 is 17.7. The minimum absolute atomic E-state index is 0.534. The van der Waals surface area contributed by atoms with Crippen LogP contribution in [-0.2, 0) is 13.1 Å². The summed E-state index contributed by atoms with van der Waals surface area (Å²) >= 11 is 3.48. The number of benzene rings is 3. The van der Waals surface area contributed by atoms with E-state index in [1.54, 1.807) is 27.5 Å². The average Bonchev–Trinajstić information content (AvgIpc) is 2.99. The van der Waals surface area contributed by atoms with Gasteiger partial charge in [-0.25, -0.2) is 0 Å². The number of hydrogen-bond donors (Lipinski definition) is 1. The van der Waals surface area contributed by atoms with E-state index in [1.807, 2.05) is 42.5 Å². The summed E-state index contributed by atoms with van der Waals surface area (Å²) in [6.07, 6.45) is 2.48. The quantitative estimate of drug-likeness (QED) is 0.224. The number of nitrogens with zero attached hydrogens (tertiary/aromatic N) is 3. The molecule has 0 saturated carbocycles. The van der Waals surface area contributed by atoms with Crippen LogP contribution >= 0.6 is 15.9 Å². The number of halogens is 1. The smallest absolute Gasteiger partial charge is 0.203 e. The lowest BCUT2D eigenvalue weighted by Gasteiger charge is -2.35. The first-order valence-electron chi connectivity index (χ1n) is 13.1. The predicted octanol–water partition coefficient (Wildman–Crippen LogP) is 5.90. The topological polar surface area (TPSA) is 76.2 Å². The van der Waals surface area contributed by atoms with Gasteiger partial charge < -0.3 is 19.5 Å². The minimum atomic E-state index is 0.534. The molecule has 9 heteroatoms. The fourth-order valence-corrected chi connectivity index (χ4v) is 5.42. The van der Waals surface area contributed by atoms with Crippen molar-refractivity contribution >= 4 is 44.5 Å². The monoisotopic (exact) mass is 604 g/mol. The van der Waals surface area contributed by atoms with Crippen LogP contribution in [0.4, 0.5) is 11.4 Å². The zero-order valence-electron chi connectivity index (χ0n) is 22.9. The summed E-state index contributed by atoms with van der Waals surface area (Å²) in [5.41, 5.74) is 5.33. The molecule has 208 valence electrons. The molecule has 0 unspecified atom stereocenters. The first-order chi connectivity index (χ1) is 19.5. The number of methoxy groups -OCH3 is 3. The molecule has 1 aliphatic heterocycles. The molecule has 0 bridgehead atoms. The van der Waals surface area contributed by atoms with Gasteiger partial charge in [0, 0.05) is 66.6 Å². The Morgan fingerprint density at radius 3 is 2.23 bits per heavy atom. The molecular weight excluding hydrogens is 572 g/mol. The molecule has 8 nitrogen and oxygen atoms in total. The third kappa shape index (κ3) is 6.06. The number of aromatic nitrogens is 1. The number of carbonyl (C=O) groups is 1. The molecule has 40 heavy (non-hydrogen) atoms. The van der Waals surface area contributed by atoms with Crippen LogP contribution < -0.4 is 19.5 Å². The Bertz CT molecular complexity index is 1490. The Morgan fingerprint density at radius 1 is 0.875 bits per heavy atom. The van der Waals surface area contributed by atoms with Gasteiger partial charge in [-0.2, -0.15) is 0 Å². The third-order valence-corrected chi connectivity index (χ3v) is 7.78. The predicted molar refractivity (Wildman–Crippen MR) is 161 cm³/mol. The van der Waals surface area contributed by atoms with Crippen molar-refractivity contribution < 1.29 is 19.0 Å². The fraction of sp³-hybridized carbons (Fsp3) is 0.290. The van der Waals surface area contributed by atoms with Crippen LogP contribution in [0.15, 0.2) is 65.3 Å². The Morgan fingerprint density at radius 2 is 1.57 bits per heavy atom. The number of ether oxygens (including phenoxy) is 3. The Hall–Kier alpha value is -3.66. The van der Waals surface area contributed by atoms with E-state index in [4.69, 9.17) is 14.2 Å². The summed E-state index contributed by atoms with van der Waals surface area (Å²) in [7, 11) is 4.92. The van der Waals surface area contributed by atoms with Crippen LogP contribution in [0.2, 0.25) is 0 Å². The van der Waals surface area contributed by atoms with Gasteiger partial charge in [0.15, 0.2) is 17.8 Å². The third-order valence-electron chi connectivity index (χ3n) is 7.25. The number of pyridine rings is 1. The van der Waals surface area contributed by atoms with Crippen LogP contribution in [0.1, 0.15) is 21.5 Å². The number of rotatable bonds is 10. The molecule has 0 radical (unpaired) electrons. The maximum Gasteiger partial charge on any atom is 0.203 e. The zero-order chi connectivity index (χ0) is 28.1. The minimum Gasteiger partial charge on any atom is -0.493 e. The second-order valence-corrected chi connectivity index (χ2v) is 10.7. The van der Waals surface area contributed by atoms with Crippen molar-refractivity contribution in [3.05, 3.63) is 82.0 Å². The van der Waals surface area contributed by atoms with E-state index < -0.39 is 0 Å². The van der Waals surface area contributed by atoms with Gasteiger partial charge >= 0.3 is 0 Å². The van der Waals surface area contributed by atoms with Crippen LogP contribution in [0, 0.1) is 0 Å². The van der Waals surface area contributed by atoms with Crippen molar-refractivity contribution in [1.82, 2.24) is 14.8 Å². The van der Waals surface area contributed by atoms with Gasteiger partial charge in [-0.3, -0.25) is 19.6 Å². The highest BCUT2D eigenvalue weighted by Gasteiger charge is 2.22. The Balaban J connectivity index is 1.28. The van der Waals surface area contributed by atoms with E-state index >= 15 is 0 Å². The molecule has 0 amide bonds. The molecule has 0 atom stereocenters. The lowest BCUT2D eigenvalue weighted by Crippen LogP contribution is -2.45. The molecule has 2 heterocycles. The van der Waals surface area contributed by atoms with E-state index in [-0.39, 0.29) is 0 Å². The van der Waals surface area contributed by atoms with Crippen molar-refractivity contribution in [1.29, 1.82) is 0 Å². The highest BCUT2D eigenvalue weighted by atomic mass is 79.9. The van der Waals surface area contributed by atoms with Gasteiger partial charge in [0.05, 0.1) is 38.1 Å². The highest BCUT2D eigenvalue weighted by molar-refractivity contribution is 9.10. The molecule has 3 aromatic carbocycles. The first-order valence-corrected chi connectivity index (χ1v) is 13.9. The van der Waals surface area contributed by atoms with Crippen LogP contribution in [-0.4, -0.2) is 68.6 Å². The lowest BCUT2D eigenvalue weighted by atomic mass is 10.1. The molecule has 5 rings (SSSR count). The molecule has 1 aliphatic rings. The second kappa shape index (κ2) is 12.7. The van der Waals surface area contributed by atoms with Gasteiger partial charge in [-0.1, -0.05) is 28.1 Å². The number of piperazine rings is 1. The molecular formula is C31H33BrN4O4. The number of carbonyl (C=O) groups excluding carboxylic acids is 1. The van der Waals surface area contributed by atoms with Gasteiger partial charge in [0.1, 0.15) is 0 Å². The van der Waals surface area contributed by atoms with Crippen molar-refractivity contribution in [2.24, 2.45) is 0 Å². The van der Waals surface area contributed by atoms with E-state index in [9.17, 15) is 4.79 Å². The lowest BCUT2D eigenvalue weighted by molar-refractivity contribution is 0.112. The summed E-state index contributed by atoms with van der Waals surface area (Å²) in [6, 6.07) is 18.2. The summed E-state index contributed by atoms with van der Waals surface area (Å²) in [5, 5.41) is 4.37. The maximum atomic E-state index is 11.9. The maximum absolute atomic E-state index is 11.9. The standard InChI is InChI=1S/C31H33BrN4O4/c1-38-28-11-5-22(30(39-2)31(28)40-3)19-36-14-12-35(13-15-36)18-21-4-10-27-26(16-21)29(23(20-37)17-33-27)34-25-8-6-24(32)7-9-25/h4-11,16-17,20H,12-15,18-19H2,1-3H3,(H,33,34). The molecule has 1 saturated heterocycles. The van der Waals surface area contributed by atoms with Crippen LogP contribution in [0.3, 0.4) is 0 Å². The fourth-order valence-electron chi connectivity index (χ4n) is 5.15. The molecule has 0 aliphatic carbocycles. The number of anilines is 2. The average molecular weight is 606 g/mol. The summed E-state index contributed by atoms with van der Waals surface area (Å²) in [4.78, 5) is 21.3. The van der Waals surface area contributed by atoms with E-state index in [1.165, 1.54) is 5.56 Å². The summed E-state index contributed by atoms with van der Waals surface area (Å²) in [5.74, 6) is 2.00. The first kappa shape index (κ1) is 27.9. The van der Waals surface area contributed by atoms with Crippen molar-refractivity contribution in [3.8, 4) is 17.2 Å². The van der Waals surface area contributed by atoms with Gasteiger partial charge in [0.25, 0.3) is 0 Å². The van der Waals surface area contributed by atoms with Crippen molar-refractivity contribution in [2.45, 2.75) is 13.1 Å². The molecule has 4 aromatic rings. The van der Waals surface area contributed by atoms with Crippen molar-refractivity contribution in [3.63, 3.8) is 0 Å². The van der Waals surface area contributed by atoms with Crippen LogP contribution in [0.5, 0.6) is 17.2 Å².